The van der Waals surface area contributed by atoms with Crippen LogP contribution in [0.5, 0.6) is 5.75 Å². The lowest BCUT2D eigenvalue weighted by molar-refractivity contribution is -0.140. The Balaban J connectivity index is 2.12. The molecule has 0 aromatic heterocycles. The Kier molecular flexibility index (Phi) is 7.25. The Morgan fingerprint density at radius 3 is 2.74 bits per heavy atom. The highest BCUT2D eigenvalue weighted by Crippen LogP contribution is 2.15. The summed E-state index contributed by atoms with van der Waals surface area (Å²) in [5.41, 5.74) is 0. The third-order valence-corrected chi connectivity index (χ3v) is 2.62. The molecular formula is C13H18ClNO4. The Morgan fingerprint density at radius 2 is 2.11 bits per heavy atom. The largest absolute Gasteiger partial charge is 0.491 e. The van der Waals surface area contributed by atoms with Crippen molar-refractivity contribution >= 4 is 17.6 Å². The van der Waals surface area contributed by atoms with Crippen LogP contribution in [0, 0.1) is 0 Å². The number of nitrogens with one attached hydrogen (secondary N) is 1. The molecule has 1 aromatic carbocycles. The molecule has 0 fully saturated rings. The second-order valence-electron chi connectivity index (χ2n) is 3.95. The summed E-state index contributed by atoms with van der Waals surface area (Å²) >= 11 is 5.74. The monoisotopic (exact) mass is 287 g/mol. The SMILES string of the molecule is COC(=O)CCNCC(O)COc1ccc(Cl)cc1. The first-order chi connectivity index (χ1) is 9.11. The number of carbonyl (C=O) groups is 1. The minimum Gasteiger partial charge on any atom is -0.491 e. The molecule has 0 spiro atoms. The number of hydrogen-bond donors (Lipinski definition) is 2. The van der Waals surface area contributed by atoms with Crippen molar-refractivity contribution in [3.8, 4) is 5.75 Å². The van der Waals surface area contributed by atoms with Gasteiger partial charge in [0.1, 0.15) is 18.5 Å². The minimum absolute atomic E-state index is 0.173. The van der Waals surface area contributed by atoms with Gasteiger partial charge in [-0.25, -0.2) is 0 Å². The summed E-state index contributed by atoms with van der Waals surface area (Å²) in [5, 5.41) is 13.2. The predicted molar refractivity (Wildman–Crippen MR) is 72.5 cm³/mol. The lowest BCUT2D eigenvalue weighted by Crippen LogP contribution is -2.32. The van der Waals surface area contributed by atoms with Gasteiger partial charge in [0.25, 0.3) is 0 Å². The van der Waals surface area contributed by atoms with Crippen LogP contribution in [-0.2, 0) is 9.53 Å². The number of halogens is 1. The fraction of sp³-hybridized carbons (Fsp3) is 0.462. The van der Waals surface area contributed by atoms with Crippen LogP contribution in [0.4, 0.5) is 0 Å². The molecule has 5 nitrogen and oxygen atoms in total. The molecular weight excluding hydrogens is 270 g/mol. The Morgan fingerprint density at radius 1 is 1.42 bits per heavy atom. The molecule has 0 aliphatic heterocycles. The summed E-state index contributed by atoms with van der Waals surface area (Å²) in [6.07, 6.45) is -0.366. The molecule has 0 radical (unpaired) electrons. The fourth-order valence-electron chi connectivity index (χ4n) is 1.34. The molecule has 106 valence electrons. The van der Waals surface area contributed by atoms with E-state index in [1.807, 2.05) is 0 Å². The normalized spacial score (nSPS) is 11.9. The molecule has 19 heavy (non-hydrogen) atoms. The zero-order valence-electron chi connectivity index (χ0n) is 10.8. The maximum atomic E-state index is 10.8. The van der Waals surface area contributed by atoms with Gasteiger partial charge in [-0.3, -0.25) is 4.79 Å². The summed E-state index contributed by atoms with van der Waals surface area (Å²) < 4.78 is 9.88. The van der Waals surface area contributed by atoms with Gasteiger partial charge < -0.3 is 19.9 Å². The van der Waals surface area contributed by atoms with Crippen molar-refractivity contribution in [2.24, 2.45) is 0 Å². The summed E-state index contributed by atoms with van der Waals surface area (Å²) in [5.74, 6) is 0.373. The first kappa shape index (κ1) is 15.8. The van der Waals surface area contributed by atoms with Crippen LogP contribution in [-0.4, -0.2) is 44.0 Å². The smallest absolute Gasteiger partial charge is 0.306 e. The lowest BCUT2D eigenvalue weighted by atomic mass is 10.3. The number of rotatable bonds is 8. The summed E-state index contributed by atoms with van der Waals surface area (Å²) in [7, 11) is 1.34. The van der Waals surface area contributed by atoms with Crippen LogP contribution < -0.4 is 10.1 Å². The molecule has 6 heteroatoms. The van der Waals surface area contributed by atoms with Gasteiger partial charge in [0.15, 0.2) is 0 Å². The van der Waals surface area contributed by atoms with E-state index >= 15 is 0 Å². The third-order valence-electron chi connectivity index (χ3n) is 2.37. The van der Waals surface area contributed by atoms with Crippen LogP contribution in [0.1, 0.15) is 6.42 Å². The average Bonchev–Trinajstić information content (AvgIpc) is 2.42. The van der Waals surface area contributed by atoms with Gasteiger partial charge in [-0.2, -0.15) is 0 Å². The van der Waals surface area contributed by atoms with Crippen molar-refractivity contribution in [2.75, 3.05) is 26.8 Å². The number of benzene rings is 1. The second kappa shape index (κ2) is 8.74. The maximum Gasteiger partial charge on any atom is 0.306 e. The summed E-state index contributed by atoms with van der Waals surface area (Å²) in [6, 6.07) is 6.91. The first-order valence-electron chi connectivity index (χ1n) is 5.96. The molecule has 1 atom stereocenters. The van der Waals surface area contributed by atoms with E-state index in [0.717, 1.165) is 0 Å². The Labute approximate surface area is 117 Å². The molecule has 1 rings (SSSR count). The van der Waals surface area contributed by atoms with E-state index in [2.05, 4.69) is 10.1 Å². The van der Waals surface area contributed by atoms with Gasteiger partial charge in [-0.05, 0) is 24.3 Å². The molecule has 1 aromatic rings. The van der Waals surface area contributed by atoms with E-state index in [9.17, 15) is 9.90 Å². The van der Waals surface area contributed by atoms with E-state index in [4.69, 9.17) is 16.3 Å². The zero-order chi connectivity index (χ0) is 14.1. The predicted octanol–water partition coefficient (Wildman–Crippen LogP) is 1.23. The van der Waals surface area contributed by atoms with Crippen LogP contribution >= 0.6 is 11.6 Å². The van der Waals surface area contributed by atoms with E-state index < -0.39 is 6.10 Å². The molecule has 0 aliphatic carbocycles. The van der Waals surface area contributed by atoms with Crippen molar-refractivity contribution in [3.05, 3.63) is 29.3 Å². The molecule has 0 saturated heterocycles. The van der Waals surface area contributed by atoms with Crippen LogP contribution in [0.25, 0.3) is 0 Å². The van der Waals surface area contributed by atoms with Gasteiger partial charge >= 0.3 is 5.97 Å². The van der Waals surface area contributed by atoms with Crippen molar-refractivity contribution in [2.45, 2.75) is 12.5 Å². The molecule has 0 heterocycles. The fourth-order valence-corrected chi connectivity index (χ4v) is 1.47. The van der Waals surface area contributed by atoms with E-state index in [1.54, 1.807) is 24.3 Å². The summed E-state index contributed by atoms with van der Waals surface area (Å²) in [4.78, 5) is 10.8. The van der Waals surface area contributed by atoms with Crippen molar-refractivity contribution in [1.29, 1.82) is 0 Å². The van der Waals surface area contributed by atoms with E-state index in [-0.39, 0.29) is 19.0 Å². The van der Waals surface area contributed by atoms with Gasteiger partial charge in [0.2, 0.25) is 0 Å². The first-order valence-corrected chi connectivity index (χ1v) is 6.33. The highest BCUT2D eigenvalue weighted by atomic mass is 35.5. The molecule has 0 aliphatic rings. The van der Waals surface area contributed by atoms with Gasteiger partial charge in [-0.1, -0.05) is 11.6 Å². The average molecular weight is 288 g/mol. The van der Waals surface area contributed by atoms with Crippen molar-refractivity contribution < 1.29 is 19.4 Å². The molecule has 1 unspecified atom stereocenters. The molecule has 0 saturated carbocycles. The highest BCUT2D eigenvalue weighted by Gasteiger charge is 2.06. The molecule has 0 amide bonds. The molecule has 2 N–H and O–H groups in total. The van der Waals surface area contributed by atoms with E-state index in [1.165, 1.54) is 7.11 Å². The lowest BCUT2D eigenvalue weighted by Gasteiger charge is -2.13. The van der Waals surface area contributed by atoms with Crippen molar-refractivity contribution in [3.63, 3.8) is 0 Å². The summed E-state index contributed by atoms with van der Waals surface area (Å²) in [6.45, 7) is 0.988. The highest BCUT2D eigenvalue weighted by molar-refractivity contribution is 6.30. The van der Waals surface area contributed by atoms with Crippen LogP contribution in [0.15, 0.2) is 24.3 Å². The quantitative estimate of drug-likeness (QED) is 0.556. The standard InChI is InChI=1S/C13H18ClNO4/c1-18-13(17)6-7-15-8-11(16)9-19-12-4-2-10(14)3-5-12/h2-5,11,15-16H,6-9H2,1H3. The number of esters is 1. The number of aliphatic hydroxyl groups is 1. The van der Waals surface area contributed by atoms with Gasteiger partial charge in [0, 0.05) is 18.1 Å². The second-order valence-corrected chi connectivity index (χ2v) is 4.39. The van der Waals surface area contributed by atoms with E-state index in [0.29, 0.717) is 23.9 Å². The number of hydrogen-bond acceptors (Lipinski definition) is 5. The minimum atomic E-state index is -0.645. The third kappa shape index (κ3) is 7.00. The number of aliphatic hydroxyl groups excluding tert-OH is 1. The Hall–Kier alpha value is -1.30. The van der Waals surface area contributed by atoms with Crippen molar-refractivity contribution in [1.82, 2.24) is 5.32 Å². The van der Waals surface area contributed by atoms with Crippen LogP contribution in [0.2, 0.25) is 5.02 Å². The number of ether oxygens (including phenoxy) is 2. The topological polar surface area (TPSA) is 67.8 Å². The Bertz CT molecular complexity index is 383. The zero-order valence-corrected chi connectivity index (χ0v) is 11.5. The van der Waals surface area contributed by atoms with Gasteiger partial charge in [-0.15, -0.1) is 0 Å². The van der Waals surface area contributed by atoms with Crippen LogP contribution in [0.3, 0.4) is 0 Å². The molecule has 0 bridgehead atoms. The maximum absolute atomic E-state index is 10.8. The number of carbonyl (C=O) groups excluding carboxylic acids is 1. The number of methoxy groups -OCH3 is 1. The van der Waals surface area contributed by atoms with Gasteiger partial charge in [0.05, 0.1) is 13.5 Å².